The van der Waals surface area contributed by atoms with E-state index in [9.17, 15) is 14.7 Å². The molecule has 7 nitrogen and oxygen atoms in total. The van der Waals surface area contributed by atoms with Gasteiger partial charge in [-0.15, -0.1) is 11.3 Å². The quantitative estimate of drug-likeness (QED) is 0.849. The number of amides is 2. The largest absolute Gasteiger partial charge is 0.480 e. The highest BCUT2D eigenvalue weighted by molar-refractivity contribution is 7.09. The van der Waals surface area contributed by atoms with E-state index < -0.39 is 24.1 Å². The minimum absolute atomic E-state index is 0.0518. The van der Waals surface area contributed by atoms with Gasteiger partial charge in [0.2, 0.25) is 0 Å². The van der Waals surface area contributed by atoms with Crippen molar-refractivity contribution in [1.29, 1.82) is 0 Å². The number of carbonyl (C=O) groups excluding carboxylic acids is 1. The molecule has 2 rings (SSSR count). The molecule has 20 heavy (non-hydrogen) atoms. The van der Waals surface area contributed by atoms with Crippen LogP contribution in [0, 0.1) is 6.92 Å². The molecule has 2 amide bonds. The van der Waals surface area contributed by atoms with E-state index in [1.54, 1.807) is 7.05 Å². The first-order valence-electron chi connectivity index (χ1n) is 6.22. The Kier molecular flexibility index (Phi) is 4.24. The Morgan fingerprint density at radius 3 is 2.85 bits per heavy atom. The van der Waals surface area contributed by atoms with E-state index in [2.05, 4.69) is 4.98 Å². The third-order valence-electron chi connectivity index (χ3n) is 3.20. The van der Waals surface area contributed by atoms with Crippen molar-refractivity contribution < 1.29 is 19.8 Å². The molecule has 2 N–H and O–H groups in total. The summed E-state index contributed by atoms with van der Waals surface area (Å²) in [5.41, 5.74) is 0.773. The second-order valence-electron chi connectivity index (χ2n) is 4.89. The Labute approximate surface area is 120 Å². The highest BCUT2D eigenvalue weighted by Crippen LogP contribution is 2.20. The van der Waals surface area contributed by atoms with Crippen LogP contribution < -0.4 is 0 Å². The molecule has 1 aliphatic rings. The molecule has 8 heteroatoms. The molecule has 1 fully saturated rings. The first-order chi connectivity index (χ1) is 9.38. The fourth-order valence-corrected chi connectivity index (χ4v) is 2.87. The van der Waals surface area contributed by atoms with Crippen molar-refractivity contribution in [3.63, 3.8) is 0 Å². The number of urea groups is 1. The summed E-state index contributed by atoms with van der Waals surface area (Å²) < 4.78 is 0. The fraction of sp³-hybridized carbons (Fsp3) is 0.583. The number of rotatable bonds is 3. The van der Waals surface area contributed by atoms with E-state index in [-0.39, 0.29) is 13.0 Å². The third-order valence-corrected chi connectivity index (χ3v) is 4.02. The summed E-state index contributed by atoms with van der Waals surface area (Å²) >= 11 is 1.50. The van der Waals surface area contributed by atoms with Gasteiger partial charge in [-0.05, 0) is 6.92 Å². The van der Waals surface area contributed by atoms with Crippen molar-refractivity contribution in [3.8, 4) is 0 Å². The zero-order valence-corrected chi connectivity index (χ0v) is 12.1. The van der Waals surface area contributed by atoms with Gasteiger partial charge in [0.05, 0.1) is 23.4 Å². The highest BCUT2D eigenvalue weighted by Gasteiger charge is 2.40. The molecule has 1 aromatic heterocycles. The van der Waals surface area contributed by atoms with Crippen LogP contribution in [-0.4, -0.2) is 62.7 Å². The molecular weight excluding hydrogens is 282 g/mol. The average Bonchev–Trinajstić information content (AvgIpc) is 2.94. The topological polar surface area (TPSA) is 94.0 Å². The van der Waals surface area contributed by atoms with E-state index in [4.69, 9.17) is 5.11 Å². The monoisotopic (exact) mass is 299 g/mol. The van der Waals surface area contributed by atoms with E-state index in [1.165, 1.54) is 21.1 Å². The number of aliphatic carboxylic acids is 1. The number of carbonyl (C=O) groups is 2. The lowest BCUT2D eigenvalue weighted by Crippen LogP contribution is -2.46. The molecule has 1 aliphatic heterocycles. The van der Waals surface area contributed by atoms with E-state index in [1.807, 2.05) is 12.3 Å². The number of aryl methyl sites for hydroxylation is 1. The lowest BCUT2D eigenvalue weighted by Gasteiger charge is -2.27. The number of aromatic nitrogens is 1. The number of aliphatic hydroxyl groups excluding tert-OH is 1. The smallest absolute Gasteiger partial charge is 0.326 e. The Morgan fingerprint density at radius 1 is 1.60 bits per heavy atom. The van der Waals surface area contributed by atoms with Crippen LogP contribution in [0.2, 0.25) is 0 Å². The molecule has 0 unspecified atom stereocenters. The third kappa shape index (κ3) is 3.07. The summed E-state index contributed by atoms with van der Waals surface area (Å²) in [6, 6.07) is -1.36. The van der Waals surface area contributed by atoms with Crippen molar-refractivity contribution in [1.82, 2.24) is 14.8 Å². The molecule has 2 atom stereocenters. The predicted octanol–water partition coefficient (Wildman–Crippen LogP) is 0.523. The van der Waals surface area contributed by atoms with Gasteiger partial charge in [-0.25, -0.2) is 14.6 Å². The van der Waals surface area contributed by atoms with E-state index >= 15 is 0 Å². The van der Waals surface area contributed by atoms with E-state index in [0.717, 1.165) is 10.7 Å². The number of β-amino-alcohol motifs (C(OH)–C–C–N with tert-alkyl or cyclic N) is 1. The van der Waals surface area contributed by atoms with Gasteiger partial charge < -0.3 is 20.0 Å². The SMILES string of the molecule is Cc1nc(CN(C)C(=O)N2C[C@@H](O)C[C@H]2C(=O)O)cs1. The molecular formula is C12H17N3O4S. The Morgan fingerprint density at radius 2 is 2.30 bits per heavy atom. The molecule has 1 aromatic rings. The number of aliphatic hydroxyl groups is 1. The molecule has 1 saturated heterocycles. The number of carboxylic acids is 1. The predicted molar refractivity (Wildman–Crippen MR) is 72.5 cm³/mol. The van der Waals surface area contributed by atoms with Crippen molar-refractivity contribution in [2.45, 2.75) is 32.0 Å². The molecule has 0 aliphatic carbocycles. The van der Waals surface area contributed by atoms with Gasteiger partial charge in [-0.3, -0.25) is 0 Å². The van der Waals surface area contributed by atoms with Gasteiger partial charge in [-0.2, -0.15) is 0 Å². The summed E-state index contributed by atoms with van der Waals surface area (Å²) in [6.07, 6.45) is -0.708. The van der Waals surface area contributed by atoms with Gasteiger partial charge in [0.25, 0.3) is 0 Å². The maximum atomic E-state index is 12.3. The summed E-state index contributed by atoms with van der Waals surface area (Å²) in [5.74, 6) is -1.09. The maximum Gasteiger partial charge on any atom is 0.326 e. The first kappa shape index (κ1) is 14.7. The molecule has 0 aromatic carbocycles. The minimum Gasteiger partial charge on any atom is -0.480 e. The molecule has 2 heterocycles. The Balaban J connectivity index is 2.04. The lowest BCUT2D eigenvalue weighted by atomic mass is 10.2. The molecule has 0 saturated carbocycles. The first-order valence-corrected chi connectivity index (χ1v) is 7.10. The van der Waals surface area contributed by atoms with Crippen LogP contribution in [0.25, 0.3) is 0 Å². The van der Waals surface area contributed by atoms with Crippen LogP contribution in [0.5, 0.6) is 0 Å². The van der Waals surface area contributed by atoms with Gasteiger partial charge in [-0.1, -0.05) is 0 Å². The second kappa shape index (κ2) is 5.76. The number of likely N-dealkylation sites (tertiary alicyclic amines) is 1. The van der Waals surface area contributed by atoms with Crippen LogP contribution in [-0.2, 0) is 11.3 Å². The van der Waals surface area contributed by atoms with Gasteiger partial charge in [0.1, 0.15) is 6.04 Å². The fourth-order valence-electron chi connectivity index (χ4n) is 2.27. The summed E-state index contributed by atoms with van der Waals surface area (Å²) in [6.45, 7) is 2.26. The van der Waals surface area contributed by atoms with Crippen LogP contribution in [0.1, 0.15) is 17.1 Å². The van der Waals surface area contributed by atoms with Crippen molar-refractivity contribution >= 4 is 23.3 Å². The highest BCUT2D eigenvalue weighted by atomic mass is 32.1. The molecule has 0 spiro atoms. The summed E-state index contributed by atoms with van der Waals surface area (Å²) in [7, 11) is 1.60. The van der Waals surface area contributed by atoms with Crippen molar-refractivity contribution in [2.75, 3.05) is 13.6 Å². The molecule has 110 valence electrons. The van der Waals surface area contributed by atoms with Crippen LogP contribution >= 0.6 is 11.3 Å². The minimum atomic E-state index is -1.09. The zero-order chi connectivity index (χ0) is 14.9. The van der Waals surface area contributed by atoms with Gasteiger partial charge in [0, 0.05) is 25.4 Å². The number of hydrogen-bond acceptors (Lipinski definition) is 5. The molecule has 0 bridgehead atoms. The van der Waals surface area contributed by atoms with Crippen molar-refractivity contribution in [2.24, 2.45) is 0 Å². The number of carboxylic acid groups (broad SMARTS) is 1. The number of hydrogen-bond donors (Lipinski definition) is 2. The van der Waals surface area contributed by atoms with Crippen molar-refractivity contribution in [3.05, 3.63) is 16.1 Å². The van der Waals surface area contributed by atoms with Gasteiger partial charge in [0.15, 0.2) is 0 Å². The van der Waals surface area contributed by atoms with Gasteiger partial charge >= 0.3 is 12.0 Å². The van der Waals surface area contributed by atoms with E-state index in [0.29, 0.717) is 6.54 Å². The number of nitrogens with zero attached hydrogens (tertiary/aromatic N) is 3. The lowest BCUT2D eigenvalue weighted by molar-refractivity contribution is -0.141. The Bertz CT molecular complexity index is 519. The zero-order valence-electron chi connectivity index (χ0n) is 11.3. The Hall–Kier alpha value is -1.67. The molecule has 0 radical (unpaired) electrons. The standard InChI is InChI=1S/C12H17N3O4S/c1-7-13-8(6-20-7)4-14(2)12(19)15-5-9(16)3-10(15)11(17)18/h6,9-10,16H,3-5H2,1-2H3,(H,17,18)/t9-,10-/m0/s1. The van der Waals surface area contributed by atoms with Crippen LogP contribution in [0.3, 0.4) is 0 Å². The summed E-state index contributed by atoms with van der Waals surface area (Å²) in [4.78, 5) is 30.3. The summed E-state index contributed by atoms with van der Waals surface area (Å²) in [5, 5.41) is 21.4. The maximum absolute atomic E-state index is 12.3. The normalized spacial score (nSPS) is 22.1. The van der Waals surface area contributed by atoms with Crippen LogP contribution in [0.15, 0.2) is 5.38 Å². The second-order valence-corrected chi connectivity index (χ2v) is 5.95. The average molecular weight is 299 g/mol. The van der Waals surface area contributed by atoms with Crippen LogP contribution in [0.4, 0.5) is 4.79 Å². The number of thiazole rings is 1.